The number of nitrogens with zero attached hydrogens (tertiary/aromatic N) is 2. The molecule has 6 nitrogen and oxygen atoms in total. The fourth-order valence-electron chi connectivity index (χ4n) is 4.72. The fraction of sp³-hybridized carbons (Fsp3) is 0.667. The Morgan fingerprint density at radius 2 is 2.00 bits per heavy atom. The predicted molar refractivity (Wildman–Crippen MR) is 105 cm³/mol. The van der Waals surface area contributed by atoms with E-state index >= 15 is 0 Å². The second-order valence-electron chi connectivity index (χ2n) is 8.62. The molecule has 1 aliphatic carbocycles. The van der Waals surface area contributed by atoms with Crippen LogP contribution in [0.4, 0.5) is 0 Å². The van der Waals surface area contributed by atoms with Crippen molar-refractivity contribution in [1.82, 2.24) is 0 Å². The Morgan fingerprint density at radius 3 is 2.71 bits per heavy atom. The lowest BCUT2D eigenvalue weighted by atomic mass is 9.75. The molecule has 7 atom stereocenters. The average molecular weight is 405 g/mol. The number of benzene rings is 1. The quantitative estimate of drug-likeness (QED) is 0.701. The van der Waals surface area contributed by atoms with Gasteiger partial charge in [0.25, 0.3) is 0 Å². The summed E-state index contributed by atoms with van der Waals surface area (Å²) < 4.78 is 24.6. The van der Waals surface area contributed by atoms with Gasteiger partial charge in [-0.2, -0.15) is 10.2 Å². The van der Waals surface area contributed by atoms with Crippen LogP contribution in [0.3, 0.4) is 0 Å². The van der Waals surface area contributed by atoms with Gasteiger partial charge in [-0.3, -0.25) is 4.21 Å². The van der Waals surface area contributed by atoms with E-state index in [9.17, 15) is 9.00 Å². The summed E-state index contributed by atoms with van der Waals surface area (Å²) in [5.41, 5.74) is 0. The van der Waals surface area contributed by atoms with Crippen LogP contribution in [0.15, 0.2) is 45.5 Å². The van der Waals surface area contributed by atoms with Crippen molar-refractivity contribution >= 4 is 16.8 Å². The molecule has 1 unspecified atom stereocenters. The third-order valence-corrected chi connectivity index (χ3v) is 8.32. The SMILES string of the molecule is CC(C)[C@@H]1CC[C@@H](C)C[C@H]1O[C@H]1OC(=O)[C@@H]2N=NC[C@]12S(=O)c1ccccc1. The van der Waals surface area contributed by atoms with E-state index in [1.807, 2.05) is 18.2 Å². The van der Waals surface area contributed by atoms with Gasteiger partial charge in [0.05, 0.1) is 23.4 Å². The summed E-state index contributed by atoms with van der Waals surface area (Å²) >= 11 is 0. The number of carbonyl (C=O) groups excluding carboxylic acids is 1. The highest BCUT2D eigenvalue weighted by atomic mass is 32.2. The zero-order chi connectivity index (χ0) is 19.9. The monoisotopic (exact) mass is 404 g/mol. The van der Waals surface area contributed by atoms with Gasteiger partial charge in [-0.15, -0.1) is 0 Å². The van der Waals surface area contributed by atoms with Crippen LogP contribution in [0.5, 0.6) is 0 Å². The summed E-state index contributed by atoms with van der Waals surface area (Å²) in [7, 11) is -1.53. The molecule has 2 heterocycles. The summed E-state index contributed by atoms with van der Waals surface area (Å²) in [6.45, 7) is 6.82. The Bertz CT molecular complexity index is 784. The first-order valence-corrected chi connectivity index (χ1v) is 11.3. The molecule has 0 aromatic heterocycles. The number of fused-ring (bicyclic) bond motifs is 1. The standard InChI is InChI=1S/C21H28N2O4S/c1-13(2)16-10-9-14(3)11-17(16)26-20-21(12-22-23-18(21)19(24)27-20)28(25)15-7-5-4-6-8-15/h4-8,13-14,16-18,20H,9-12H2,1-3H3/t14-,16+,17-,18+,20+,21-,28?/m1/s1. The van der Waals surface area contributed by atoms with Crippen LogP contribution >= 0.6 is 0 Å². The number of hydrogen-bond acceptors (Lipinski definition) is 6. The zero-order valence-electron chi connectivity index (χ0n) is 16.6. The number of azo groups is 1. The van der Waals surface area contributed by atoms with E-state index in [-0.39, 0.29) is 12.6 Å². The highest BCUT2D eigenvalue weighted by molar-refractivity contribution is 7.86. The molecule has 28 heavy (non-hydrogen) atoms. The van der Waals surface area contributed by atoms with Gasteiger partial charge in [-0.1, -0.05) is 45.4 Å². The molecule has 0 N–H and O–H groups in total. The summed E-state index contributed by atoms with van der Waals surface area (Å²) in [6, 6.07) is 8.30. The van der Waals surface area contributed by atoms with Crippen LogP contribution in [0, 0.1) is 17.8 Å². The molecule has 3 aliphatic rings. The maximum Gasteiger partial charge on any atom is 0.337 e. The molecular formula is C21H28N2O4S. The van der Waals surface area contributed by atoms with Gasteiger partial charge in [0.2, 0.25) is 6.29 Å². The largest absolute Gasteiger partial charge is 0.432 e. The lowest BCUT2D eigenvalue weighted by Crippen LogP contribution is -2.53. The second kappa shape index (κ2) is 7.67. The number of carbonyl (C=O) groups is 1. The highest BCUT2D eigenvalue weighted by Crippen LogP contribution is 2.45. The van der Waals surface area contributed by atoms with Crippen molar-refractivity contribution in [3.8, 4) is 0 Å². The highest BCUT2D eigenvalue weighted by Gasteiger charge is 2.66. The minimum Gasteiger partial charge on any atom is -0.432 e. The summed E-state index contributed by atoms with van der Waals surface area (Å²) in [5.74, 6) is 0.937. The Kier molecular flexibility index (Phi) is 5.40. The van der Waals surface area contributed by atoms with Crippen LogP contribution in [0.2, 0.25) is 0 Å². The van der Waals surface area contributed by atoms with Gasteiger partial charge in [0.15, 0.2) is 10.8 Å². The molecule has 0 bridgehead atoms. The van der Waals surface area contributed by atoms with Gasteiger partial charge in [0.1, 0.15) is 0 Å². The molecule has 1 aromatic carbocycles. The van der Waals surface area contributed by atoms with E-state index < -0.39 is 33.8 Å². The van der Waals surface area contributed by atoms with E-state index in [2.05, 4.69) is 31.0 Å². The van der Waals surface area contributed by atoms with Crippen LogP contribution < -0.4 is 0 Å². The fourth-order valence-corrected chi connectivity index (χ4v) is 6.36. The van der Waals surface area contributed by atoms with Gasteiger partial charge >= 0.3 is 5.97 Å². The molecule has 2 fully saturated rings. The number of ether oxygens (including phenoxy) is 2. The first kappa shape index (κ1) is 19.7. The molecule has 0 radical (unpaired) electrons. The molecule has 7 heteroatoms. The molecule has 152 valence electrons. The predicted octanol–water partition coefficient (Wildman–Crippen LogP) is 3.73. The maximum absolute atomic E-state index is 13.6. The van der Waals surface area contributed by atoms with Gasteiger partial charge in [0, 0.05) is 4.90 Å². The lowest BCUT2D eigenvalue weighted by Gasteiger charge is -2.40. The smallest absolute Gasteiger partial charge is 0.337 e. The molecule has 1 aromatic rings. The van der Waals surface area contributed by atoms with Crippen molar-refractivity contribution in [2.75, 3.05) is 6.54 Å². The van der Waals surface area contributed by atoms with Crippen LogP contribution in [0.1, 0.15) is 40.0 Å². The first-order valence-electron chi connectivity index (χ1n) is 10.1. The van der Waals surface area contributed by atoms with Crippen LogP contribution in [-0.2, 0) is 25.1 Å². The van der Waals surface area contributed by atoms with Gasteiger partial charge < -0.3 is 9.47 Å². The average Bonchev–Trinajstić information content (AvgIpc) is 3.23. The van der Waals surface area contributed by atoms with Crippen LogP contribution in [-0.4, -0.2) is 39.9 Å². The Balaban J connectivity index is 1.65. The van der Waals surface area contributed by atoms with E-state index in [1.165, 1.54) is 6.42 Å². The third-order valence-electron chi connectivity index (χ3n) is 6.39. The minimum atomic E-state index is -1.53. The summed E-state index contributed by atoms with van der Waals surface area (Å²) in [6.07, 6.45) is 2.28. The molecule has 0 spiro atoms. The van der Waals surface area contributed by atoms with E-state index in [1.54, 1.807) is 12.1 Å². The second-order valence-corrected chi connectivity index (χ2v) is 10.4. The Labute approximate surface area is 168 Å². The molecule has 2 aliphatic heterocycles. The Morgan fingerprint density at radius 1 is 1.25 bits per heavy atom. The van der Waals surface area contributed by atoms with Gasteiger partial charge in [-0.25, -0.2) is 4.79 Å². The van der Waals surface area contributed by atoms with Crippen molar-refractivity contribution in [2.24, 2.45) is 28.0 Å². The number of cyclic esters (lactones) is 1. The van der Waals surface area contributed by atoms with Crippen molar-refractivity contribution in [1.29, 1.82) is 0 Å². The number of rotatable bonds is 5. The third kappa shape index (κ3) is 3.22. The molecule has 1 saturated carbocycles. The topological polar surface area (TPSA) is 77.3 Å². The van der Waals surface area contributed by atoms with E-state index in [0.717, 1.165) is 12.8 Å². The lowest BCUT2D eigenvalue weighted by molar-refractivity contribution is -0.191. The van der Waals surface area contributed by atoms with Crippen LogP contribution in [0.25, 0.3) is 0 Å². The van der Waals surface area contributed by atoms with Crippen molar-refractivity contribution in [3.05, 3.63) is 30.3 Å². The van der Waals surface area contributed by atoms with Gasteiger partial charge in [-0.05, 0) is 42.7 Å². The van der Waals surface area contributed by atoms with Crippen molar-refractivity contribution in [2.45, 2.75) is 68.1 Å². The summed E-state index contributed by atoms with van der Waals surface area (Å²) in [4.78, 5) is 13.2. The van der Waals surface area contributed by atoms with Crippen molar-refractivity contribution < 1.29 is 18.5 Å². The molecule has 1 saturated heterocycles. The summed E-state index contributed by atoms with van der Waals surface area (Å²) in [5, 5.41) is 8.19. The number of esters is 1. The molecular weight excluding hydrogens is 376 g/mol. The van der Waals surface area contributed by atoms with Crippen molar-refractivity contribution in [3.63, 3.8) is 0 Å². The normalized spacial score (nSPS) is 38.4. The Hall–Kier alpha value is -1.60. The maximum atomic E-state index is 13.6. The first-order chi connectivity index (χ1) is 13.4. The molecule has 4 rings (SSSR count). The van der Waals surface area contributed by atoms with E-state index in [4.69, 9.17) is 9.47 Å². The minimum absolute atomic E-state index is 0.0226. The zero-order valence-corrected chi connectivity index (χ0v) is 17.4. The number of hydrogen-bond donors (Lipinski definition) is 0. The van der Waals surface area contributed by atoms with E-state index in [0.29, 0.717) is 22.6 Å². The molecule has 0 amide bonds.